The van der Waals surface area contributed by atoms with Gasteiger partial charge in [0, 0.05) is 11.1 Å². The van der Waals surface area contributed by atoms with Gasteiger partial charge in [-0.05, 0) is 12.1 Å². The number of hydrogen-bond acceptors (Lipinski definition) is 7. The van der Waals surface area contributed by atoms with Gasteiger partial charge in [-0.15, -0.1) is 5.10 Å². The summed E-state index contributed by atoms with van der Waals surface area (Å²) in [5, 5.41) is 10.2. The van der Waals surface area contributed by atoms with Crippen molar-refractivity contribution in [3.8, 4) is 0 Å². The van der Waals surface area contributed by atoms with Crippen LogP contribution in [-0.4, -0.2) is 21.5 Å². The molecule has 0 unspecified atom stereocenters. The van der Waals surface area contributed by atoms with E-state index >= 15 is 0 Å². The zero-order valence-electron chi connectivity index (χ0n) is 8.75. The number of carbonyl (C=O) groups is 1. The van der Waals surface area contributed by atoms with Crippen molar-refractivity contribution in [2.75, 3.05) is 5.32 Å². The zero-order valence-corrected chi connectivity index (χ0v) is 9.51. The number of benzene rings is 1. The van der Waals surface area contributed by atoms with Crippen molar-refractivity contribution in [3.05, 3.63) is 29.1 Å². The van der Waals surface area contributed by atoms with Crippen molar-refractivity contribution < 1.29 is 13.6 Å². The summed E-state index contributed by atoms with van der Waals surface area (Å²) >= 11 is 5.82. The van der Waals surface area contributed by atoms with E-state index in [0.717, 1.165) is 0 Å². The van der Waals surface area contributed by atoms with Crippen LogP contribution in [0.5, 0.6) is 0 Å². The molecule has 0 aliphatic rings. The van der Waals surface area contributed by atoms with Crippen LogP contribution in [0.3, 0.4) is 0 Å². The Labute approximate surface area is 105 Å². The fourth-order valence-electron chi connectivity index (χ4n) is 1.38. The normalized spacial score (nSPS) is 10.7. The minimum atomic E-state index is -0.128. The number of fused-ring (bicyclic) bond motifs is 1. The van der Waals surface area contributed by atoms with Crippen LogP contribution in [0.1, 0.15) is 10.7 Å². The molecule has 0 aliphatic carbocycles. The molecule has 0 aliphatic heterocycles. The summed E-state index contributed by atoms with van der Waals surface area (Å²) in [4.78, 5) is 14.5. The Bertz CT molecular complexity index is 721. The second kappa shape index (κ2) is 4.11. The molecule has 3 aromatic rings. The lowest BCUT2D eigenvalue weighted by atomic mass is 10.3. The van der Waals surface area contributed by atoms with Crippen LogP contribution in [0.25, 0.3) is 11.1 Å². The van der Waals surface area contributed by atoms with Crippen molar-refractivity contribution in [2.45, 2.75) is 0 Å². The van der Waals surface area contributed by atoms with E-state index in [1.807, 2.05) is 0 Å². The van der Waals surface area contributed by atoms with Gasteiger partial charge >= 0.3 is 12.0 Å². The summed E-state index contributed by atoms with van der Waals surface area (Å²) in [6.45, 7) is 0. The first-order valence-electron chi connectivity index (χ1n) is 4.86. The van der Waals surface area contributed by atoms with Crippen molar-refractivity contribution >= 4 is 41.0 Å². The number of anilines is 2. The Morgan fingerprint density at radius 3 is 2.89 bits per heavy atom. The Hall–Kier alpha value is -2.41. The number of nitrogens with zero attached hydrogens (tertiary/aromatic N) is 3. The molecular weight excluding hydrogens is 260 g/mol. The molecule has 0 amide bonds. The summed E-state index contributed by atoms with van der Waals surface area (Å²) in [7, 11) is 0. The fraction of sp³-hybridized carbons (Fsp3) is 0. The highest BCUT2D eigenvalue weighted by Crippen LogP contribution is 2.24. The van der Waals surface area contributed by atoms with Gasteiger partial charge in [0.1, 0.15) is 5.52 Å². The van der Waals surface area contributed by atoms with Gasteiger partial charge in [-0.3, -0.25) is 10.1 Å². The highest BCUT2D eigenvalue weighted by Gasteiger charge is 2.10. The second-order valence-corrected chi connectivity index (χ2v) is 3.76. The maximum absolute atomic E-state index is 10.4. The highest BCUT2D eigenvalue weighted by atomic mass is 35.5. The molecule has 0 fully saturated rings. The molecule has 0 bridgehead atoms. The van der Waals surface area contributed by atoms with E-state index in [0.29, 0.717) is 22.4 Å². The van der Waals surface area contributed by atoms with Gasteiger partial charge < -0.3 is 8.83 Å². The lowest BCUT2D eigenvalue weighted by Crippen LogP contribution is -1.89. The SMILES string of the molecule is O=Cc1nnc(Nc2nc3ccc(Cl)cc3o2)o1. The molecule has 0 spiro atoms. The van der Waals surface area contributed by atoms with Crippen LogP contribution in [0.2, 0.25) is 5.02 Å². The largest absolute Gasteiger partial charge is 0.423 e. The quantitative estimate of drug-likeness (QED) is 0.726. The van der Waals surface area contributed by atoms with Gasteiger partial charge in [0.2, 0.25) is 6.29 Å². The van der Waals surface area contributed by atoms with E-state index in [-0.39, 0.29) is 17.9 Å². The lowest BCUT2D eigenvalue weighted by Gasteiger charge is -1.91. The van der Waals surface area contributed by atoms with Gasteiger partial charge in [-0.2, -0.15) is 4.98 Å². The van der Waals surface area contributed by atoms with Crippen LogP contribution >= 0.6 is 11.6 Å². The van der Waals surface area contributed by atoms with E-state index < -0.39 is 0 Å². The third kappa shape index (κ3) is 1.91. The molecule has 8 heteroatoms. The first kappa shape index (κ1) is 10.7. The van der Waals surface area contributed by atoms with Crippen LogP contribution in [0.15, 0.2) is 27.0 Å². The molecule has 0 saturated heterocycles. The molecule has 1 aromatic carbocycles. The predicted molar refractivity (Wildman–Crippen MR) is 62.0 cm³/mol. The highest BCUT2D eigenvalue weighted by molar-refractivity contribution is 6.31. The van der Waals surface area contributed by atoms with Crippen molar-refractivity contribution in [3.63, 3.8) is 0 Å². The Morgan fingerprint density at radius 1 is 1.22 bits per heavy atom. The van der Waals surface area contributed by atoms with E-state index in [1.165, 1.54) is 0 Å². The maximum Gasteiger partial charge on any atom is 0.324 e. The molecular formula is C10H5ClN4O3. The number of nitrogens with one attached hydrogen (secondary N) is 1. The van der Waals surface area contributed by atoms with E-state index in [4.69, 9.17) is 20.4 Å². The second-order valence-electron chi connectivity index (χ2n) is 3.32. The van der Waals surface area contributed by atoms with Gasteiger partial charge in [0.15, 0.2) is 5.58 Å². The van der Waals surface area contributed by atoms with E-state index in [1.54, 1.807) is 18.2 Å². The van der Waals surface area contributed by atoms with E-state index in [2.05, 4.69) is 20.5 Å². The van der Waals surface area contributed by atoms with Crippen LogP contribution in [-0.2, 0) is 0 Å². The maximum atomic E-state index is 10.4. The van der Waals surface area contributed by atoms with Crippen molar-refractivity contribution in [2.24, 2.45) is 0 Å². The molecule has 2 heterocycles. The first-order valence-corrected chi connectivity index (χ1v) is 5.24. The van der Waals surface area contributed by atoms with Crippen LogP contribution < -0.4 is 5.32 Å². The number of oxazole rings is 1. The molecule has 2 aromatic heterocycles. The molecule has 1 N–H and O–H groups in total. The van der Waals surface area contributed by atoms with E-state index in [9.17, 15) is 4.79 Å². The molecule has 7 nitrogen and oxygen atoms in total. The molecule has 90 valence electrons. The summed E-state index contributed by atoms with van der Waals surface area (Å²) in [5.74, 6) is -0.128. The Balaban J connectivity index is 1.92. The zero-order chi connectivity index (χ0) is 12.5. The minimum absolute atomic E-state index is 0.0229. The van der Waals surface area contributed by atoms with Gasteiger partial charge in [-0.1, -0.05) is 16.7 Å². The topological polar surface area (TPSA) is 94.1 Å². The smallest absolute Gasteiger partial charge is 0.324 e. The average molecular weight is 265 g/mol. The van der Waals surface area contributed by atoms with Crippen LogP contribution in [0, 0.1) is 0 Å². The Kier molecular flexibility index (Phi) is 2.45. The summed E-state index contributed by atoms with van der Waals surface area (Å²) < 4.78 is 10.3. The van der Waals surface area contributed by atoms with Gasteiger partial charge in [-0.25, -0.2) is 0 Å². The number of hydrogen-bond donors (Lipinski definition) is 1. The molecule has 18 heavy (non-hydrogen) atoms. The molecule has 0 saturated carbocycles. The number of halogens is 1. The summed E-state index contributed by atoms with van der Waals surface area (Å²) in [6, 6.07) is 5.26. The average Bonchev–Trinajstić information content (AvgIpc) is 2.95. The van der Waals surface area contributed by atoms with Gasteiger partial charge in [0.25, 0.3) is 5.89 Å². The molecule has 0 radical (unpaired) electrons. The Morgan fingerprint density at radius 2 is 2.11 bits per heavy atom. The standard InChI is InChI=1S/C10H5ClN4O3/c11-5-1-2-6-7(3-5)17-9(12-6)13-10-15-14-8(4-16)18-10/h1-4H,(H,12,13,15). The number of rotatable bonds is 3. The molecule has 0 atom stereocenters. The van der Waals surface area contributed by atoms with Crippen LogP contribution in [0.4, 0.5) is 12.0 Å². The number of aromatic nitrogens is 3. The predicted octanol–water partition coefficient (Wildman–Crippen LogP) is 2.42. The van der Waals surface area contributed by atoms with Crippen molar-refractivity contribution in [1.82, 2.24) is 15.2 Å². The monoisotopic (exact) mass is 264 g/mol. The first-order chi connectivity index (χ1) is 8.74. The third-order valence-corrected chi connectivity index (χ3v) is 2.34. The summed E-state index contributed by atoms with van der Waals surface area (Å²) in [5.41, 5.74) is 1.16. The summed E-state index contributed by atoms with van der Waals surface area (Å²) in [6.07, 6.45) is 0.448. The van der Waals surface area contributed by atoms with Crippen molar-refractivity contribution in [1.29, 1.82) is 0 Å². The number of carbonyl (C=O) groups excluding carboxylic acids is 1. The molecule has 3 rings (SSSR count). The third-order valence-electron chi connectivity index (χ3n) is 2.11. The minimum Gasteiger partial charge on any atom is -0.423 e. The number of aldehydes is 1. The fourth-order valence-corrected chi connectivity index (χ4v) is 1.54. The lowest BCUT2D eigenvalue weighted by molar-refractivity contribution is 0.109. The van der Waals surface area contributed by atoms with Gasteiger partial charge in [0.05, 0.1) is 0 Å².